The van der Waals surface area contributed by atoms with Crippen molar-refractivity contribution in [3.63, 3.8) is 0 Å². The van der Waals surface area contributed by atoms with Crippen LogP contribution in [-0.2, 0) is 15.6 Å². The first kappa shape index (κ1) is 16.2. The molecule has 8 nitrogen and oxygen atoms in total. The monoisotopic (exact) mass is 366 g/mol. The predicted molar refractivity (Wildman–Crippen MR) is 93.6 cm³/mol. The second-order valence-corrected chi connectivity index (χ2v) is 7.46. The molecule has 0 saturated heterocycles. The summed E-state index contributed by atoms with van der Waals surface area (Å²) in [6.45, 7) is 0. The van der Waals surface area contributed by atoms with E-state index in [1.54, 1.807) is 41.4 Å². The van der Waals surface area contributed by atoms with Crippen LogP contribution in [0.15, 0.2) is 78.3 Å². The van der Waals surface area contributed by atoms with Gasteiger partial charge in [-0.3, -0.25) is 0 Å². The van der Waals surface area contributed by atoms with E-state index in [0.29, 0.717) is 11.4 Å². The first-order valence-electron chi connectivity index (χ1n) is 7.78. The fraction of sp³-hybridized carbons (Fsp3) is 0.0588. The number of nitrogens with zero attached hydrogens (tertiary/aromatic N) is 6. The Morgan fingerprint density at radius 3 is 2.23 bits per heavy atom. The molecule has 0 unspecified atom stereocenters. The summed E-state index contributed by atoms with van der Waals surface area (Å²) in [5, 5.41) is 10.8. The average Bonchev–Trinajstić information content (AvgIpc) is 3.33. The Kier molecular flexibility index (Phi) is 4.05. The number of para-hydroxylation sites is 2. The van der Waals surface area contributed by atoms with Gasteiger partial charge in [-0.25, -0.2) is 13.4 Å². The van der Waals surface area contributed by atoms with Crippen LogP contribution in [0.1, 0.15) is 5.69 Å². The lowest BCUT2D eigenvalue weighted by molar-refractivity contribution is 0.579. The molecule has 0 saturated carbocycles. The zero-order chi connectivity index (χ0) is 18.0. The zero-order valence-electron chi connectivity index (χ0n) is 13.5. The molecule has 0 amide bonds. The molecule has 4 rings (SSSR count). The third kappa shape index (κ3) is 3.11. The van der Waals surface area contributed by atoms with E-state index in [2.05, 4.69) is 20.5 Å². The minimum atomic E-state index is -3.77. The number of hydrogen-bond acceptors (Lipinski definition) is 6. The summed E-state index contributed by atoms with van der Waals surface area (Å²) in [7, 11) is -3.77. The molecule has 26 heavy (non-hydrogen) atoms. The van der Waals surface area contributed by atoms with Crippen LogP contribution in [0.4, 0.5) is 0 Å². The standard InChI is InChI=1S/C17H14N6O2S/c24-26(25,17-19-20-21-23(17)16-9-5-2-6-10-16)12-14-11-22(13-18-14)15-7-3-1-4-8-15/h1-11,13H,12H2. The van der Waals surface area contributed by atoms with Gasteiger partial charge in [0.15, 0.2) is 0 Å². The lowest BCUT2D eigenvalue weighted by Gasteiger charge is -2.04. The summed E-state index contributed by atoms with van der Waals surface area (Å²) in [6, 6.07) is 18.4. The van der Waals surface area contributed by atoms with E-state index in [-0.39, 0.29) is 10.9 Å². The van der Waals surface area contributed by atoms with Crippen LogP contribution in [0.2, 0.25) is 0 Å². The molecule has 0 N–H and O–H groups in total. The molecule has 2 aromatic carbocycles. The minimum Gasteiger partial charge on any atom is -0.306 e. The average molecular weight is 366 g/mol. The highest BCUT2D eigenvalue weighted by Gasteiger charge is 2.25. The van der Waals surface area contributed by atoms with Gasteiger partial charge in [-0.15, -0.1) is 0 Å². The molecule has 0 aliphatic carbocycles. The second kappa shape index (κ2) is 6.52. The fourth-order valence-corrected chi connectivity index (χ4v) is 3.78. The third-order valence-electron chi connectivity index (χ3n) is 3.75. The van der Waals surface area contributed by atoms with Gasteiger partial charge in [0.1, 0.15) is 5.75 Å². The topological polar surface area (TPSA) is 95.6 Å². The quantitative estimate of drug-likeness (QED) is 0.535. The number of hydrogen-bond donors (Lipinski definition) is 0. The van der Waals surface area contributed by atoms with Gasteiger partial charge in [-0.2, -0.15) is 4.68 Å². The van der Waals surface area contributed by atoms with Gasteiger partial charge >= 0.3 is 0 Å². The van der Waals surface area contributed by atoms with Crippen LogP contribution < -0.4 is 0 Å². The summed E-state index contributed by atoms with van der Waals surface area (Å²) in [5.74, 6) is -0.292. The van der Waals surface area contributed by atoms with E-state index in [1.807, 2.05) is 36.4 Å². The summed E-state index contributed by atoms with van der Waals surface area (Å²) >= 11 is 0. The van der Waals surface area contributed by atoms with E-state index >= 15 is 0 Å². The van der Waals surface area contributed by atoms with E-state index in [1.165, 1.54) is 4.68 Å². The molecule has 0 bridgehead atoms. The normalized spacial score (nSPS) is 11.5. The highest BCUT2D eigenvalue weighted by atomic mass is 32.2. The molecule has 4 aromatic rings. The Hall–Kier alpha value is -3.33. The van der Waals surface area contributed by atoms with Gasteiger partial charge in [-0.1, -0.05) is 41.5 Å². The number of benzene rings is 2. The number of rotatable bonds is 5. The van der Waals surface area contributed by atoms with Crippen LogP contribution in [0.25, 0.3) is 11.4 Å². The van der Waals surface area contributed by atoms with Crippen LogP contribution >= 0.6 is 0 Å². The SMILES string of the molecule is O=S(=O)(Cc1cn(-c2ccccc2)cn1)c1nnnn1-c1ccccc1. The summed E-state index contributed by atoms with van der Waals surface area (Å²) < 4.78 is 28.6. The smallest absolute Gasteiger partial charge is 0.272 e. The van der Waals surface area contributed by atoms with Crippen molar-refractivity contribution in [1.29, 1.82) is 0 Å². The van der Waals surface area contributed by atoms with Crippen LogP contribution in [0.5, 0.6) is 0 Å². The predicted octanol–water partition coefficient (Wildman–Crippen LogP) is 1.82. The van der Waals surface area contributed by atoms with Crippen molar-refractivity contribution in [3.05, 3.63) is 78.9 Å². The first-order chi connectivity index (χ1) is 12.6. The van der Waals surface area contributed by atoms with E-state index in [4.69, 9.17) is 0 Å². The number of sulfone groups is 1. The molecule has 0 aliphatic rings. The molecular weight excluding hydrogens is 352 g/mol. The molecular formula is C17H14N6O2S. The van der Waals surface area contributed by atoms with Crippen molar-refractivity contribution >= 4 is 9.84 Å². The molecule has 9 heteroatoms. The van der Waals surface area contributed by atoms with Crippen molar-refractivity contribution in [3.8, 4) is 11.4 Å². The molecule has 0 spiro atoms. The van der Waals surface area contributed by atoms with Crippen molar-refractivity contribution in [1.82, 2.24) is 29.8 Å². The maximum Gasteiger partial charge on any atom is 0.272 e. The maximum absolute atomic E-state index is 12.8. The van der Waals surface area contributed by atoms with Crippen molar-refractivity contribution in [2.24, 2.45) is 0 Å². The minimum absolute atomic E-state index is 0.210. The van der Waals surface area contributed by atoms with Crippen molar-refractivity contribution in [2.45, 2.75) is 10.9 Å². The van der Waals surface area contributed by atoms with E-state index < -0.39 is 9.84 Å². The summed E-state index contributed by atoms with van der Waals surface area (Å²) in [4.78, 5) is 4.20. The van der Waals surface area contributed by atoms with Gasteiger partial charge in [0.05, 0.1) is 17.7 Å². The van der Waals surface area contributed by atoms with Gasteiger partial charge in [0.2, 0.25) is 9.84 Å². The fourth-order valence-electron chi connectivity index (χ4n) is 2.54. The Bertz CT molecular complexity index is 1120. The maximum atomic E-state index is 12.8. The first-order valence-corrected chi connectivity index (χ1v) is 9.43. The molecule has 0 fully saturated rings. The molecule has 130 valence electrons. The van der Waals surface area contributed by atoms with Crippen molar-refractivity contribution in [2.75, 3.05) is 0 Å². The number of imidazole rings is 1. The lowest BCUT2D eigenvalue weighted by atomic mass is 10.3. The summed E-state index contributed by atoms with van der Waals surface area (Å²) in [5.41, 5.74) is 1.89. The molecule has 2 heterocycles. The highest BCUT2D eigenvalue weighted by Crippen LogP contribution is 2.17. The van der Waals surface area contributed by atoms with E-state index in [9.17, 15) is 8.42 Å². The molecule has 0 radical (unpaired) electrons. The van der Waals surface area contributed by atoms with Gasteiger partial charge in [0.25, 0.3) is 5.16 Å². The van der Waals surface area contributed by atoms with Gasteiger partial charge < -0.3 is 4.57 Å². The van der Waals surface area contributed by atoms with Gasteiger partial charge in [0, 0.05) is 11.9 Å². The Morgan fingerprint density at radius 2 is 1.54 bits per heavy atom. The number of tetrazole rings is 1. The lowest BCUT2D eigenvalue weighted by Crippen LogP contribution is -2.13. The highest BCUT2D eigenvalue weighted by molar-refractivity contribution is 7.90. The van der Waals surface area contributed by atoms with Crippen LogP contribution in [-0.4, -0.2) is 38.2 Å². The molecule has 0 aliphatic heterocycles. The largest absolute Gasteiger partial charge is 0.306 e. The Labute approximate surface area is 149 Å². The Balaban J connectivity index is 1.64. The Morgan fingerprint density at radius 1 is 0.885 bits per heavy atom. The molecule has 0 atom stereocenters. The van der Waals surface area contributed by atoms with E-state index in [0.717, 1.165) is 5.69 Å². The zero-order valence-corrected chi connectivity index (χ0v) is 14.4. The third-order valence-corrected chi connectivity index (χ3v) is 5.23. The van der Waals surface area contributed by atoms with Crippen LogP contribution in [0.3, 0.4) is 0 Å². The van der Waals surface area contributed by atoms with Gasteiger partial charge in [-0.05, 0) is 34.7 Å². The van der Waals surface area contributed by atoms with Crippen molar-refractivity contribution < 1.29 is 8.42 Å². The summed E-state index contributed by atoms with van der Waals surface area (Å²) in [6.07, 6.45) is 3.27. The number of aromatic nitrogens is 6. The van der Waals surface area contributed by atoms with Crippen LogP contribution in [0, 0.1) is 0 Å². The second-order valence-electron chi connectivity index (χ2n) is 5.58. The molecule has 2 aromatic heterocycles.